The maximum Gasteiger partial charge on any atom is 0.251 e. The fraction of sp³-hybridized carbons (Fsp3) is 0.500. The third-order valence-corrected chi connectivity index (χ3v) is 2.80. The first kappa shape index (κ1) is 13.7. The Balaban J connectivity index is 2.66. The van der Waals surface area contributed by atoms with Crippen molar-refractivity contribution in [3.63, 3.8) is 0 Å². The van der Waals surface area contributed by atoms with Gasteiger partial charge in [-0.3, -0.25) is 4.79 Å². The number of carbonyl (C=O) groups excluding carboxylic acids is 1. The first-order valence-electron chi connectivity index (χ1n) is 5.93. The van der Waals surface area contributed by atoms with Gasteiger partial charge in [0.25, 0.3) is 5.91 Å². The minimum absolute atomic E-state index is 0.252. The largest absolute Gasteiger partial charge is 0.384 e. The standard InChI is InChI=1S/C14H21NO2/c1-10(2)13-7-5-12(6-8-13)9-15(4)14(17)11(3)16/h5-8,10-11,16H,9H2,1-4H3. The van der Waals surface area contributed by atoms with Crippen LogP contribution in [-0.4, -0.2) is 29.1 Å². The van der Waals surface area contributed by atoms with Crippen LogP contribution in [-0.2, 0) is 11.3 Å². The Bertz CT molecular complexity index is 368. The van der Waals surface area contributed by atoms with Crippen molar-refractivity contribution >= 4 is 5.91 Å². The van der Waals surface area contributed by atoms with Crippen molar-refractivity contribution in [3.8, 4) is 0 Å². The van der Waals surface area contributed by atoms with Gasteiger partial charge in [-0.2, -0.15) is 0 Å². The molecule has 17 heavy (non-hydrogen) atoms. The highest BCUT2D eigenvalue weighted by atomic mass is 16.3. The van der Waals surface area contributed by atoms with Gasteiger partial charge in [0, 0.05) is 13.6 Å². The molecule has 1 aromatic rings. The van der Waals surface area contributed by atoms with Gasteiger partial charge >= 0.3 is 0 Å². The second-order valence-electron chi connectivity index (χ2n) is 4.77. The Kier molecular flexibility index (Phi) is 4.70. The summed E-state index contributed by atoms with van der Waals surface area (Å²) < 4.78 is 0. The molecule has 1 amide bonds. The second-order valence-corrected chi connectivity index (χ2v) is 4.77. The Labute approximate surface area is 103 Å². The number of benzene rings is 1. The van der Waals surface area contributed by atoms with Crippen LogP contribution in [0, 0.1) is 0 Å². The molecule has 1 aromatic carbocycles. The molecule has 3 nitrogen and oxygen atoms in total. The Morgan fingerprint density at radius 2 is 1.76 bits per heavy atom. The molecular weight excluding hydrogens is 214 g/mol. The predicted molar refractivity (Wildman–Crippen MR) is 68.7 cm³/mol. The number of nitrogens with zero attached hydrogens (tertiary/aromatic N) is 1. The molecule has 0 spiro atoms. The normalized spacial score (nSPS) is 12.6. The SMILES string of the molecule is CC(O)C(=O)N(C)Cc1ccc(C(C)C)cc1. The van der Waals surface area contributed by atoms with Gasteiger partial charge in [-0.25, -0.2) is 0 Å². The van der Waals surface area contributed by atoms with Crippen LogP contribution in [0.1, 0.15) is 37.8 Å². The molecule has 1 unspecified atom stereocenters. The highest BCUT2D eigenvalue weighted by molar-refractivity contribution is 5.79. The lowest BCUT2D eigenvalue weighted by Gasteiger charge is -2.19. The van der Waals surface area contributed by atoms with Crippen LogP contribution >= 0.6 is 0 Å². The third-order valence-electron chi connectivity index (χ3n) is 2.80. The first-order valence-corrected chi connectivity index (χ1v) is 5.93. The molecule has 0 saturated carbocycles. The van der Waals surface area contributed by atoms with Gasteiger partial charge in [-0.15, -0.1) is 0 Å². The van der Waals surface area contributed by atoms with Gasteiger partial charge < -0.3 is 10.0 Å². The van der Waals surface area contributed by atoms with Crippen molar-refractivity contribution in [2.45, 2.75) is 39.3 Å². The van der Waals surface area contributed by atoms with Crippen LogP contribution in [0.4, 0.5) is 0 Å². The van der Waals surface area contributed by atoms with E-state index in [1.54, 1.807) is 7.05 Å². The summed E-state index contributed by atoms with van der Waals surface area (Å²) in [6, 6.07) is 8.23. The molecule has 3 heteroatoms. The summed E-state index contributed by atoms with van der Waals surface area (Å²) in [6.07, 6.45) is -0.935. The molecule has 1 atom stereocenters. The molecule has 0 aromatic heterocycles. The zero-order chi connectivity index (χ0) is 13.0. The first-order chi connectivity index (χ1) is 7.91. The van der Waals surface area contributed by atoms with Gasteiger partial charge in [0.15, 0.2) is 0 Å². The van der Waals surface area contributed by atoms with E-state index in [0.29, 0.717) is 12.5 Å². The van der Waals surface area contributed by atoms with Crippen molar-refractivity contribution < 1.29 is 9.90 Å². The Morgan fingerprint density at radius 3 is 2.18 bits per heavy atom. The molecule has 0 radical (unpaired) electrons. The smallest absolute Gasteiger partial charge is 0.251 e. The summed E-state index contributed by atoms with van der Waals surface area (Å²) in [5.74, 6) is 0.263. The molecule has 0 aliphatic heterocycles. The third kappa shape index (κ3) is 3.86. The van der Waals surface area contributed by atoms with E-state index >= 15 is 0 Å². The van der Waals surface area contributed by atoms with Crippen LogP contribution in [0.2, 0.25) is 0 Å². The molecule has 1 rings (SSSR count). The lowest BCUT2D eigenvalue weighted by atomic mass is 10.0. The Morgan fingerprint density at radius 1 is 1.24 bits per heavy atom. The van der Waals surface area contributed by atoms with Crippen LogP contribution in [0.3, 0.4) is 0 Å². The van der Waals surface area contributed by atoms with E-state index in [0.717, 1.165) is 5.56 Å². The summed E-state index contributed by atoms with van der Waals surface area (Å²) in [4.78, 5) is 13.0. The summed E-state index contributed by atoms with van der Waals surface area (Å²) in [5.41, 5.74) is 2.36. The van der Waals surface area contributed by atoms with E-state index in [-0.39, 0.29) is 5.91 Å². The molecule has 0 bridgehead atoms. The van der Waals surface area contributed by atoms with Gasteiger partial charge in [-0.1, -0.05) is 38.1 Å². The fourth-order valence-electron chi connectivity index (χ4n) is 1.68. The van der Waals surface area contributed by atoms with Crippen molar-refractivity contribution in [1.82, 2.24) is 4.90 Å². The van der Waals surface area contributed by atoms with Crippen LogP contribution in [0.15, 0.2) is 24.3 Å². The lowest BCUT2D eigenvalue weighted by molar-refractivity contribution is -0.138. The van der Waals surface area contributed by atoms with Crippen molar-refractivity contribution in [2.75, 3.05) is 7.05 Å². The van der Waals surface area contributed by atoms with Crippen molar-refractivity contribution in [3.05, 3.63) is 35.4 Å². The summed E-state index contributed by atoms with van der Waals surface area (Å²) in [6.45, 7) is 6.32. The summed E-state index contributed by atoms with van der Waals surface area (Å²) in [7, 11) is 1.70. The topological polar surface area (TPSA) is 40.5 Å². The van der Waals surface area contributed by atoms with Gasteiger partial charge in [0.2, 0.25) is 0 Å². The number of hydrogen-bond donors (Lipinski definition) is 1. The van der Waals surface area contributed by atoms with Crippen molar-refractivity contribution in [1.29, 1.82) is 0 Å². The minimum atomic E-state index is -0.935. The molecule has 0 heterocycles. The zero-order valence-electron chi connectivity index (χ0n) is 11.0. The van der Waals surface area contributed by atoms with Crippen LogP contribution in [0.25, 0.3) is 0 Å². The lowest BCUT2D eigenvalue weighted by Crippen LogP contribution is -2.34. The molecule has 94 valence electrons. The zero-order valence-corrected chi connectivity index (χ0v) is 11.0. The molecule has 0 aliphatic rings. The van der Waals surface area contributed by atoms with Gasteiger partial charge in [0.05, 0.1) is 0 Å². The molecule has 0 fully saturated rings. The van der Waals surface area contributed by atoms with Crippen molar-refractivity contribution in [2.24, 2.45) is 0 Å². The molecule has 1 N–H and O–H groups in total. The summed E-state index contributed by atoms with van der Waals surface area (Å²) in [5, 5.41) is 9.20. The number of aliphatic hydroxyl groups excluding tert-OH is 1. The van der Waals surface area contributed by atoms with E-state index < -0.39 is 6.10 Å². The van der Waals surface area contributed by atoms with E-state index in [1.807, 2.05) is 12.1 Å². The van der Waals surface area contributed by atoms with Gasteiger partial charge in [-0.05, 0) is 24.0 Å². The summed E-state index contributed by atoms with van der Waals surface area (Å²) >= 11 is 0. The van der Waals surface area contributed by atoms with Crippen LogP contribution < -0.4 is 0 Å². The number of carbonyl (C=O) groups is 1. The molecular formula is C14H21NO2. The maximum atomic E-state index is 11.5. The minimum Gasteiger partial charge on any atom is -0.384 e. The highest BCUT2D eigenvalue weighted by Crippen LogP contribution is 2.15. The number of amides is 1. The van der Waals surface area contributed by atoms with E-state index in [9.17, 15) is 9.90 Å². The van der Waals surface area contributed by atoms with E-state index in [4.69, 9.17) is 0 Å². The van der Waals surface area contributed by atoms with E-state index in [1.165, 1.54) is 17.4 Å². The Hall–Kier alpha value is -1.35. The van der Waals surface area contributed by atoms with E-state index in [2.05, 4.69) is 26.0 Å². The average molecular weight is 235 g/mol. The number of rotatable bonds is 4. The quantitative estimate of drug-likeness (QED) is 0.868. The predicted octanol–water partition coefficient (Wildman–Crippen LogP) is 2.15. The maximum absolute atomic E-state index is 11.5. The fourth-order valence-corrected chi connectivity index (χ4v) is 1.68. The monoisotopic (exact) mass is 235 g/mol. The van der Waals surface area contributed by atoms with Gasteiger partial charge in [0.1, 0.15) is 6.10 Å². The highest BCUT2D eigenvalue weighted by Gasteiger charge is 2.14. The number of likely N-dealkylation sites (N-methyl/N-ethyl adjacent to an activating group) is 1. The molecule has 0 aliphatic carbocycles. The number of hydrogen-bond acceptors (Lipinski definition) is 2. The second kappa shape index (κ2) is 5.82. The molecule has 0 saturated heterocycles. The number of aliphatic hydroxyl groups is 1. The van der Waals surface area contributed by atoms with Crippen LogP contribution in [0.5, 0.6) is 0 Å². The average Bonchev–Trinajstić information content (AvgIpc) is 2.28.